The number of rotatable bonds is 5. The molecule has 18 heavy (non-hydrogen) atoms. The summed E-state index contributed by atoms with van der Waals surface area (Å²) in [6.07, 6.45) is 0. The minimum absolute atomic E-state index is 0.427. The van der Waals surface area contributed by atoms with E-state index in [4.69, 9.17) is 21.4 Å². The minimum atomic E-state index is -1.51. The Kier molecular flexibility index (Phi) is 4.76. The maximum atomic E-state index is 11.9. The van der Waals surface area contributed by atoms with E-state index in [9.17, 15) is 9.59 Å². The second kappa shape index (κ2) is 5.71. The second-order valence-corrected chi connectivity index (χ2v) is 5.45. The maximum absolute atomic E-state index is 11.9. The van der Waals surface area contributed by atoms with Gasteiger partial charge in [-0.1, -0.05) is 11.6 Å². The topological polar surface area (TPSA) is 63.6 Å². The second-order valence-electron chi connectivity index (χ2n) is 4.18. The molecule has 0 amide bonds. The number of carbonyl (C=O) groups is 2. The zero-order valence-corrected chi connectivity index (χ0v) is 12.2. The highest BCUT2D eigenvalue weighted by Crippen LogP contribution is 2.25. The minimum Gasteiger partial charge on any atom is -0.481 e. The molecule has 0 aliphatic heterocycles. The molecule has 6 heteroatoms. The molecule has 1 aromatic carbocycles. The molecule has 0 spiro atoms. The summed E-state index contributed by atoms with van der Waals surface area (Å²) in [5.74, 6) is -1.34. The van der Waals surface area contributed by atoms with Gasteiger partial charge < -0.3 is 9.84 Å². The van der Waals surface area contributed by atoms with E-state index in [1.165, 1.54) is 13.8 Å². The monoisotopic (exact) mass is 334 g/mol. The molecule has 1 aromatic rings. The van der Waals surface area contributed by atoms with E-state index in [0.29, 0.717) is 10.8 Å². The van der Waals surface area contributed by atoms with E-state index in [1.54, 1.807) is 24.3 Å². The molecule has 1 rings (SSSR count). The third kappa shape index (κ3) is 3.46. The Morgan fingerprint density at radius 1 is 1.33 bits per heavy atom. The third-order valence-corrected chi connectivity index (χ3v) is 3.26. The molecule has 0 aromatic heterocycles. The van der Waals surface area contributed by atoms with Gasteiger partial charge in [0.25, 0.3) is 0 Å². The van der Waals surface area contributed by atoms with E-state index in [2.05, 4.69) is 15.9 Å². The molecule has 98 valence electrons. The molecule has 0 fully saturated rings. The van der Waals surface area contributed by atoms with E-state index in [1.807, 2.05) is 0 Å². The SMILES string of the molecule is CC(C)(C(=O)O)C(=O)C(Br)Oc1ccc(Cl)cc1. The molecule has 0 aliphatic rings. The number of aliphatic carboxylic acids is 1. The van der Waals surface area contributed by atoms with Gasteiger partial charge in [0.2, 0.25) is 10.8 Å². The third-order valence-electron chi connectivity index (χ3n) is 2.41. The molecular formula is C12H12BrClO4. The van der Waals surface area contributed by atoms with Crippen molar-refractivity contribution >= 4 is 39.3 Å². The van der Waals surface area contributed by atoms with Crippen LogP contribution in [-0.2, 0) is 9.59 Å². The van der Waals surface area contributed by atoms with Crippen molar-refractivity contribution in [2.75, 3.05) is 0 Å². The van der Waals surface area contributed by atoms with Crippen molar-refractivity contribution in [2.24, 2.45) is 5.41 Å². The van der Waals surface area contributed by atoms with Crippen LogP contribution in [0.2, 0.25) is 5.02 Å². The summed E-state index contributed by atoms with van der Waals surface area (Å²) in [7, 11) is 0. The van der Waals surface area contributed by atoms with Crippen molar-refractivity contribution in [3.05, 3.63) is 29.3 Å². The zero-order chi connectivity index (χ0) is 13.9. The quantitative estimate of drug-likeness (QED) is 0.663. The summed E-state index contributed by atoms with van der Waals surface area (Å²) < 4.78 is 5.31. The van der Waals surface area contributed by atoms with Crippen LogP contribution in [0.4, 0.5) is 0 Å². The normalized spacial score (nSPS) is 12.9. The lowest BCUT2D eigenvalue weighted by Gasteiger charge is -2.21. The highest BCUT2D eigenvalue weighted by Gasteiger charge is 2.40. The predicted octanol–water partition coefficient (Wildman–Crippen LogP) is 3.12. The van der Waals surface area contributed by atoms with Gasteiger partial charge in [-0.25, -0.2) is 0 Å². The van der Waals surface area contributed by atoms with Gasteiger partial charge in [0.1, 0.15) is 11.2 Å². The molecule has 0 saturated carbocycles. The summed E-state index contributed by atoms with van der Waals surface area (Å²) in [4.78, 5) is 22.8. The average molecular weight is 336 g/mol. The molecule has 0 radical (unpaired) electrons. The summed E-state index contributed by atoms with van der Waals surface area (Å²) in [5.41, 5.74) is -1.51. The van der Waals surface area contributed by atoms with Crippen LogP contribution in [0.3, 0.4) is 0 Å². The van der Waals surface area contributed by atoms with Crippen LogP contribution in [0.1, 0.15) is 13.8 Å². The van der Waals surface area contributed by atoms with Crippen molar-refractivity contribution in [3.8, 4) is 5.75 Å². The number of carboxylic acid groups (broad SMARTS) is 1. The Morgan fingerprint density at radius 2 is 1.83 bits per heavy atom. The molecule has 1 atom stereocenters. The van der Waals surface area contributed by atoms with Gasteiger partial charge >= 0.3 is 5.97 Å². The molecular weight excluding hydrogens is 323 g/mol. The fourth-order valence-corrected chi connectivity index (χ4v) is 1.99. The summed E-state index contributed by atoms with van der Waals surface area (Å²) in [6, 6.07) is 6.42. The predicted molar refractivity (Wildman–Crippen MR) is 71.2 cm³/mol. The number of halogens is 2. The lowest BCUT2D eigenvalue weighted by atomic mass is 9.89. The van der Waals surface area contributed by atoms with Gasteiger partial charge in [0, 0.05) is 5.02 Å². The molecule has 0 aliphatic carbocycles. The maximum Gasteiger partial charge on any atom is 0.316 e. The van der Waals surface area contributed by atoms with Crippen molar-refractivity contribution in [1.82, 2.24) is 0 Å². The number of alkyl halides is 1. The Bertz CT molecular complexity index is 456. The molecule has 4 nitrogen and oxygen atoms in total. The number of hydrogen-bond acceptors (Lipinski definition) is 3. The highest BCUT2D eigenvalue weighted by atomic mass is 79.9. The fraction of sp³-hybridized carbons (Fsp3) is 0.333. The highest BCUT2D eigenvalue weighted by molar-refractivity contribution is 9.09. The number of benzene rings is 1. The van der Waals surface area contributed by atoms with E-state index in [-0.39, 0.29) is 0 Å². The fourth-order valence-electron chi connectivity index (χ4n) is 1.08. The number of hydrogen-bond donors (Lipinski definition) is 1. The van der Waals surface area contributed by atoms with Crippen molar-refractivity contribution < 1.29 is 19.4 Å². The van der Waals surface area contributed by atoms with Crippen LogP contribution in [0.15, 0.2) is 24.3 Å². The first-order valence-electron chi connectivity index (χ1n) is 5.09. The molecule has 0 heterocycles. The summed E-state index contributed by atoms with van der Waals surface area (Å²) in [6.45, 7) is 2.66. The molecule has 1 N–H and O–H groups in total. The van der Waals surface area contributed by atoms with Crippen molar-refractivity contribution in [2.45, 2.75) is 18.9 Å². The standard InChI is InChI=1S/C12H12BrClO4/c1-12(2,11(16)17)9(15)10(13)18-8-5-3-7(14)4-6-8/h3-6,10H,1-2H3,(H,16,17). The summed E-state index contributed by atoms with van der Waals surface area (Å²) >= 11 is 8.75. The number of carboxylic acids is 1. The van der Waals surface area contributed by atoms with Gasteiger partial charge in [-0.2, -0.15) is 0 Å². The molecule has 1 unspecified atom stereocenters. The molecule has 0 bridgehead atoms. The Morgan fingerprint density at radius 3 is 2.28 bits per heavy atom. The van der Waals surface area contributed by atoms with E-state index >= 15 is 0 Å². The average Bonchev–Trinajstić information content (AvgIpc) is 2.30. The number of carbonyl (C=O) groups excluding carboxylic acids is 1. The van der Waals surface area contributed by atoms with Crippen LogP contribution in [0.5, 0.6) is 5.75 Å². The largest absolute Gasteiger partial charge is 0.481 e. The molecule has 0 saturated heterocycles. The van der Waals surface area contributed by atoms with Crippen molar-refractivity contribution in [1.29, 1.82) is 0 Å². The number of ether oxygens (including phenoxy) is 1. The number of ketones is 1. The van der Waals surface area contributed by atoms with Crippen LogP contribution < -0.4 is 4.74 Å². The Labute approximate surface area is 118 Å². The first-order valence-corrected chi connectivity index (χ1v) is 6.38. The lowest BCUT2D eigenvalue weighted by Crippen LogP contribution is -2.40. The Hall–Kier alpha value is -1.07. The number of Topliss-reactive ketones (excluding diaryl/α,β-unsaturated/α-hetero) is 1. The van der Waals surface area contributed by atoms with Crippen LogP contribution in [-0.4, -0.2) is 21.9 Å². The Balaban J connectivity index is 2.77. The van der Waals surface area contributed by atoms with Gasteiger partial charge in [-0.15, -0.1) is 0 Å². The summed E-state index contributed by atoms with van der Waals surface area (Å²) in [5, 5.41) is 8.47. The smallest absolute Gasteiger partial charge is 0.316 e. The van der Waals surface area contributed by atoms with Gasteiger partial charge in [0.15, 0.2) is 0 Å². The van der Waals surface area contributed by atoms with Crippen LogP contribution in [0, 0.1) is 5.41 Å². The lowest BCUT2D eigenvalue weighted by molar-refractivity contribution is -0.153. The van der Waals surface area contributed by atoms with E-state index < -0.39 is 22.2 Å². The van der Waals surface area contributed by atoms with Crippen LogP contribution in [0.25, 0.3) is 0 Å². The van der Waals surface area contributed by atoms with E-state index in [0.717, 1.165) is 0 Å². The van der Waals surface area contributed by atoms with Gasteiger partial charge in [0.05, 0.1) is 0 Å². The van der Waals surface area contributed by atoms with Crippen LogP contribution >= 0.6 is 27.5 Å². The zero-order valence-electron chi connectivity index (χ0n) is 9.81. The van der Waals surface area contributed by atoms with Gasteiger partial charge in [-0.3, -0.25) is 9.59 Å². The van der Waals surface area contributed by atoms with Crippen molar-refractivity contribution in [3.63, 3.8) is 0 Å². The first kappa shape index (κ1) is 15.0. The van der Waals surface area contributed by atoms with Gasteiger partial charge in [-0.05, 0) is 54.0 Å². The first-order chi connectivity index (χ1) is 8.25.